The Hall–Kier alpha value is -1.15. The Labute approximate surface area is 119 Å². The Morgan fingerprint density at radius 3 is 2.28 bits per heavy atom. The molecule has 3 rings (SSSR count). The summed E-state index contributed by atoms with van der Waals surface area (Å²) in [5.41, 5.74) is 1.46. The fourth-order valence-corrected chi connectivity index (χ4v) is 2.63. The van der Waals surface area contributed by atoms with Crippen molar-refractivity contribution < 1.29 is 4.42 Å². The lowest BCUT2D eigenvalue weighted by molar-refractivity contribution is 0.631. The van der Waals surface area contributed by atoms with Crippen molar-refractivity contribution in [3.63, 3.8) is 0 Å². The Morgan fingerprint density at radius 2 is 1.56 bits per heavy atom. The third-order valence-electron chi connectivity index (χ3n) is 2.69. The molecule has 0 saturated heterocycles. The molecule has 0 radical (unpaired) electrons. The maximum Gasteiger partial charge on any atom is 0.138 e. The maximum atomic E-state index is 6.15. The van der Waals surface area contributed by atoms with Crippen LogP contribution in [0.15, 0.2) is 46.9 Å². The van der Waals surface area contributed by atoms with Gasteiger partial charge in [0.15, 0.2) is 0 Å². The highest BCUT2D eigenvalue weighted by Gasteiger charge is 2.13. The molecule has 0 aliphatic rings. The summed E-state index contributed by atoms with van der Waals surface area (Å²) in [5, 5.41) is 2.72. The molecule has 2 aromatic carbocycles. The molecule has 0 atom stereocenters. The molecule has 1 nitrogen and oxygen atoms in total. The molecule has 18 heavy (non-hydrogen) atoms. The fraction of sp³-hybridized carbons (Fsp3) is 0. The molecule has 0 aliphatic carbocycles. The van der Waals surface area contributed by atoms with E-state index in [-0.39, 0.29) is 0 Å². The van der Waals surface area contributed by atoms with Gasteiger partial charge in [-0.25, -0.2) is 0 Å². The first kappa shape index (κ1) is 11.9. The zero-order valence-corrected chi connectivity index (χ0v) is 11.4. The predicted molar refractivity (Wildman–Crippen MR) is 76.7 cm³/mol. The molecule has 90 valence electrons. The Bertz CT molecular complexity index is 711. The first-order chi connectivity index (χ1) is 8.65. The van der Waals surface area contributed by atoms with Gasteiger partial charge in [-0.2, -0.15) is 0 Å². The highest BCUT2D eigenvalue weighted by atomic mass is 35.5. The molecule has 0 spiro atoms. The van der Waals surface area contributed by atoms with Crippen LogP contribution < -0.4 is 0 Å². The van der Waals surface area contributed by atoms with E-state index in [2.05, 4.69) is 0 Å². The highest BCUT2D eigenvalue weighted by molar-refractivity contribution is 6.39. The molecular weight excluding hydrogens is 291 g/mol. The summed E-state index contributed by atoms with van der Waals surface area (Å²) >= 11 is 18.2. The summed E-state index contributed by atoms with van der Waals surface area (Å²) < 4.78 is 5.74. The molecule has 0 amide bonds. The van der Waals surface area contributed by atoms with Crippen LogP contribution in [0.3, 0.4) is 0 Å². The molecule has 0 N–H and O–H groups in total. The molecule has 0 fully saturated rings. The van der Waals surface area contributed by atoms with Gasteiger partial charge in [0, 0.05) is 10.4 Å². The second kappa shape index (κ2) is 4.51. The molecule has 3 aromatic rings. The lowest BCUT2D eigenvalue weighted by Gasteiger charge is -2.02. The van der Waals surface area contributed by atoms with Crippen LogP contribution in [0.5, 0.6) is 0 Å². The molecule has 4 heteroatoms. The average molecular weight is 298 g/mol. The van der Waals surface area contributed by atoms with Crippen LogP contribution in [0.2, 0.25) is 15.1 Å². The molecule has 0 saturated carbocycles. The summed E-state index contributed by atoms with van der Waals surface area (Å²) in [6, 6.07) is 12.7. The SMILES string of the molecule is Clc1ccc2oc(-c3c(Cl)cccc3Cl)cc2c1. The number of benzene rings is 2. The number of halogens is 3. The molecule has 0 bridgehead atoms. The van der Waals surface area contributed by atoms with E-state index in [1.54, 1.807) is 24.3 Å². The van der Waals surface area contributed by atoms with Gasteiger partial charge in [0.25, 0.3) is 0 Å². The van der Waals surface area contributed by atoms with Crippen molar-refractivity contribution >= 4 is 45.8 Å². The van der Waals surface area contributed by atoms with Gasteiger partial charge in [0.05, 0.1) is 15.6 Å². The molecule has 1 aromatic heterocycles. The first-order valence-electron chi connectivity index (χ1n) is 5.28. The van der Waals surface area contributed by atoms with E-state index in [1.807, 2.05) is 18.2 Å². The van der Waals surface area contributed by atoms with Crippen LogP contribution in [0, 0.1) is 0 Å². The number of furan rings is 1. The van der Waals surface area contributed by atoms with Gasteiger partial charge in [0.2, 0.25) is 0 Å². The maximum absolute atomic E-state index is 6.15. The minimum absolute atomic E-state index is 0.563. The van der Waals surface area contributed by atoms with E-state index < -0.39 is 0 Å². The van der Waals surface area contributed by atoms with Gasteiger partial charge in [-0.05, 0) is 36.4 Å². The van der Waals surface area contributed by atoms with E-state index >= 15 is 0 Å². The zero-order valence-electron chi connectivity index (χ0n) is 9.08. The third-order valence-corrected chi connectivity index (χ3v) is 3.55. The largest absolute Gasteiger partial charge is 0.456 e. The van der Waals surface area contributed by atoms with Crippen LogP contribution in [0.25, 0.3) is 22.3 Å². The lowest BCUT2D eigenvalue weighted by Crippen LogP contribution is -1.77. The highest BCUT2D eigenvalue weighted by Crippen LogP contribution is 2.37. The van der Waals surface area contributed by atoms with E-state index in [9.17, 15) is 0 Å². The zero-order chi connectivity index (χ0) is 12.7. The van der Waals surface area contributed by atoms with E-state index in [0.29, 0.717) is 26.4 Å². The van der Waals surface area contributed by atoms with Crippen molar-refractivity contribution in [3.05, 3.63) is 57.5 Å². The number of rotatable bonds is 1. The summed E-state index contributed by atoms with van der Waals surface area (Å²) in [4.78, 5) is 0. The van der Waals surface area contributed by atoms with Crippen molar-refractivity contribution in [3.8, 4) is 11.3 Å². The van der Waals surface area contributed by atoms with Crippen LogP contribution in [-0.4, -0.2) is 0 Å². The minimum Gasteiger partial charge on any atom is -0.456 e. The monoisotopic (exact) mass is 296 g/mol. The molecule has 0 aliphatic heterocycles. The van der Waals surface area contributed by atoms with Crippen LogP contribution >= 0.6 is 34.8 Å². The summed E-state index contributed by atoms with van der Waals surface area (Å²) in [5.74, 6) is 0.642. The lowest BCUT2D eigenvalue weighted by atomic mass is 10.1. The average Bonchev–Trinajstić information content (AvgIpc) is 2.71. The number of fused-ring (bicyclic) bond motifs is 1. The van der Waals surface area contributed by atoms with Crippen LogP contribution in [0.4, 0.5) is 0 Å². The molecule has 1 heterocycles. The van der Waals surface area contributed by atoms with Crippen molar-refractivity contribution in [2.45, 2.75) is 0 Å². The molecule has 0 unspecified atom stereocenters. The first-order valence-corrected chi connectivity index (χ1v) is 6.42. The van der Waals surface area contributed by atoms with Crippen molar-refractivity contribution in [1.29, 1.82) is 0 Å². The summed E-state index contributed by atoms with van der Waals surface area (Å²) in [6.07, 6.45) is 0. The Balaban J connectivity index is 2.26. The van der Waals surface area contributed by atoms with E-state index in [1.165, 1.54) is 0 Å². The predicted octanol–water partition coefficient (Wildman–Crippen LogP) is 6.06. The Morgan fingerprint density at radius 1 is 0.833 bits per heavy atom. The third kappa shape index (κ3) is 1.99. The van der Waals surface area contributed by atoms with Gasteiger partial charge in [0.1, 0.15) is 11.3 Å². The van der Waals surface area contributed by atoms with Crippen molar-refractivity contribution in [2.75, 3.05) is 0 Å². The number of hydrogen-bond donors (Lipinski definition) is 0. The minimum atomic E-state index is 0.563. The van der Waals surface area contributed by atoms with Crippen molar-refractivity contribution in [2.24, 2.45) is 0 Å². The second-order valence-electron chi connectivity index (χ2n) is 3.89. The standard InChI is InChI=1S/C14H7Cl3O/c15-9-4-5-12-8(6-9)7-13(18-12)14-10(16)2-1-3-11(14)17/h1-7H. The number of hydrogen-bond acceptors (Lipinski definition) is 1. The second-order valence-corrected chi connectivity index (χ2v) is 5.14. The van der Waals surface area contributed by atoms with Gasteiger partial charge in [-0.1, -0.05) is 40.9 Å². The van der Waals surface area contributed by atoms with Crippen LogP contribution in [-0.2, 0) is 0 Å². The fourth-order valence-electron chi connectivity index (χ4n) is 1.87. The van der Waals surface area contributed by atoms with Crippen LogP contribution in [0.1, 0.15) is 0 Å². The van der Waals surface area contributed by atoms with Gasteiger partial charge < -0.3 is 4.42 Å². The van der Waals surface area contributed by atoms with Gasteiger partial charge in [-0.15, -0.1) is 0 Å². The quantitative estimate of drug-likeness (QED) is 0.532. The normalized spacial score (nSPS) is 11.1. The van der Waals surface area contributed by atoms with E-state index in [0.717, 1.165) is 11.0 Å². The summed E-state index contributed by atoms with van der Waals surface area (Å²) in [7, 11) is 0. The van der Waals surface area contributed by atoms with Crippen molar-refractivity contribution in [1.82, 2.24) is 0 Å². The topological polar surface area (TPSA) is 13.1 Å². The summed E-state index contributed by atoms with van der Waals surface area (Å²) in [6.45, 7) is 0. The van der Waals surface area contributed by atoms with Gasteiger partial charge >= 0.3 is 0 Å². The van der Waals surface area contributed by atoms with Gasteiger partial charge in [-0.3, -0.25) is 0 Å². The molecular formula is C14H7Cl3O. The Kier molecular flexibility index (Phi) is 2.98. The van der Waals surface area contributed by atoms with E-state index in [4.69, 9.17) is 39.2 Å². The smallest absolute Gasteiger partial charge is 0.138 e.